The number of carbonyl (C=O) groups is 3. The zero-order valence-corrected chi connectivity index (χ0v) is 12.2. The van der Waals surface area contributed by atoms with Crippen molar-refractivity contribution in [2.75, 3.05) is 5.32 Å². The van der Waals surface area contributed by atoms with Crippen LogP contribution in [0.2, 0.25) is 0 Å². The molecule has 0 bridgehead atoms. The summed E-state index contributed by atoms with van der Waals surface area (Å²) in [5.74, 6) is -0.590. The van der Waals surface area contributed by atoms with E-state index in [2.05, 4.69) is 16.2 Å². The molecule has 0 spiro atoms. The molecule has 6 nitrogen and oxygen atoms in total. The minimum Gasteiger partial charge on any atom is -0.326 e. The van der Waals surface area contributed by atoms with Crippen LogP contribution in [0.15, 0.2) is 24.3 Å². The summed E-state index contributed by atoms with van der Waals surface area (Å²) in [7, 11) is 0. The molecule has 3 rings (SSSR count). The summed E-state index contributed by atoms with van der Waals surface area (Å²) < 4.78 is 0. The molecule has 0 radical (unpaired) electrons. The number of nitrogens with one attached hydrogen (secondary N) is 3. The van der Waals surface area contributed by atoms with Gasteiger partial charge in [-0.25, -0.2) is 0 Å². The van der Waals surface area contributed by atoms with E-state index in [1.807, 2.05) is 24.3 Å². The normalized spacial score (nSPS) is 19.8. The maximum Gasteiger partial charge on any atom is 0.241 e. The molecule has 1 saturated carbocycles. The van der Waals surface area contributed by atoms with Gasteiger partial charge in [0.05, 0.1) is 0 Å². The number of para-hydroxylation sites is 1. The first kappa shape index (κ1) is 14.6. The minimum absolute atomic E-state index is 0.0477. The Kier molecular flexibility index (Phi) is 4.09. The third-order valence-corrected chi connectivity index (χ3v) is 4.11. The first-order valence-electron chi connectivity index (χ1n) is 7.61. The highest BCUT2D eigenvalue weighted by Gasteiger charge is 2.30. The number of fused-ring (bicyclic) bond motifs is 1. The monoisotopic (exact) mass is 301 g/mol. The summed E-state index contributed by atoms with van der Waals surface area (Å²) in [5.41, 5.74) is 6.77. The number of amides is 3. The molecule has 3 amide bonds. The van der Waals surface area contributed by atoms with Crippen LogP contribution in [0, 0.1) is 11.8 Å². The summed E-state index contributed by atoms with van der Waals surface area (Å²) in [6.07, 6.45) is 3.10. The lowest BCUT2D eigenvalue weighted by Crippen LogP contribution is -2.42. The van der Waals surface area contributed by atoms with E-state index in [0.29, 0.717) is 12.8 Å². The highest BCUT2D eigenvalue weighted by Crippen LogP contribution is 2.28. The lowest BCUT2D eigenvalue weighted by atomic mass is 9.89. The Labute approximate surface area is 128 Å². The number of benzene rings is 1. The van der Waals surface area contributed by atoms with E-state index < -0.39 is 0 Å². The molecular weight excluding hydrogens is 282 g/mol. The standard InChI is InChI=1S/C16H19N3O3/c20-14(18-19-16(22)10-5-6-10)8-7-12-9-11-3-1-2-4-13(11)17-15(12)21/h1-4,10,12H,5-9H2,(H,17,21)(H,18,20)(H,19,22). The van der Waals surface area contributed by atoms with Gasteiger partial charge in [-0.15, -0.1) is 0 Å². The predicted molar refractivity (Wildman–Crippen MR) is 80.5 cm³/mol. The van der Waals surface area contributed by atoms with E-state index in [1.165, 1.54) is 0 Å². The number of hydrogen-bond donors (Lipinski definition) is 3. The number of hydrazine groups is 1. The van der Waals surface area contributed by atoms with Gasteiger partial charge in [0.25, 0.3) is 0 Å². The quantitative estimate of drug-likeness (QED) is 0.729. The lowest BCUT2D eigenvalue weighted by Gasteiger charge is -2.24. The van der Waals surface area contributed by atoms with Crippen molar-refractivity contribution < 1.29 is 14.4 Å². The summed E-state index contributed by atoms with van der Waals surface area (Å²) in [6, 6.07) is 7.68. The molecule has 2 aliphatic rings. The summed E-state index contributed by atoms with van der Waals surface area (Å²) in [6.45, 7) is 0. The number of rotatable bonds is 4. The minimum atomic E-state index is -0.263. The van der Waals surface area contributed by atoms with Crippen molar-refractivity contribution in [2.24, 2.45) is 11.8 Å². The smallest absolute Gasteiger partial charge is 0.241 e. The fourth-order valence-electron chi connectivity index (χ4n) is 2.59. The molecule has 3 N–H and O–H groups in total. The first-order valence-corrected chi connectivity index (χ1v) is 7.61. The topological polar surface area (TPSA) is 87.3 Å². The highest BCUT2D eigenvalue weighted by molar-refractivity contribution is 5.96. The van der Waals surface area contributed by atoms with Crippen molar-refractivity contribution in [2.45, 2.75) is 32.1 Å². The Morgan fingerprint density at radius 1 is 1.18 bits per heavy atom. The zero-order valence-electron chi connectivity index (χ0n) is 12.2. The third kappa shape index (κ3) is 3.44. The van der Waals surface area contributed by atoms with Crippen LogP contribution in [0.3, 0.4) is 0 Å². The van der Waals surface area contributed by atoms with Gasteiger partial charge in [-0.3, -0.25) is 25.2 Å². The number of hydrogen-bond acceptors (Lipinski definition) is 3. The molecule has 6 heteroatoms. The SMILES string of the molecule is O=C(CCC1Cc2ccccc2NC1=O)NNC(=O)C1CC1. The molecule has 1 atom stereocenters. The van der Waals surface area contributed by atoms with E-state index in [9.17, 15) is 14.4 Å². The van der Waals surface area contributed by atoms with E-state index in [0.717, 1.165) is 24.1 Å². The molecule has 1 fully saturated rings. The van der Waals surface area contributed by atoms with E-state index in [-0.39, 0.29) is 36.0 Å². The van der Waals surface area contributed by atoms with E-state index in [1.54, 1.807) is 0 Å². The molecule has 116 valence electrons. The zero-order chi connectivity index (χ0) is 15.5. The fraction of sp³-hybridized carbons (Fsp3) is 0.438. The summed E-state index contributed by atoms with van der Waals surface area (Å²) in [5, 5.41) is 2.87. The summed E-state index contributed by atoms with van der Waals surface area (Å²) >= 11 is 0. The molecule has 1 heterocycles. The molecule has 1 aliphatic heterocycles. The Balaban J connectivity index is 1.46. The first-order chi connectivity index (χ1) is 10.6. The van der Waals surface area contributed by atoms with Crippen LogP contribution < -0.4 is 16.2 Å². The average Bonchev–Trinajstić information content (AvgIpc) is 3.35. The number of carbonyl (C=O) groups excluding carboxylic acids is 3. The van der Waals surface area contributed by atoms with Crippen LogP contribution in [0.4, 0.5) is 5.69 Å². The van der Waals surface area contributed by atoms with Crippen molar-refractivity contribution in [1.29, 1.82) is 0 Å². The van der Waals surface area contributed by atoms with Crippen molar-refractivity contribution in [3.05, 3.63) is 29.8 Å². The molecule has 1 aliphatic carbocycles. The van der Waals surface area contributed by atoms with Gasteiger partial charge < -0.3 is 5.32 Å². The highest BCUT2D eigenvalue weighted by atomic mass is 16.2. The Bertz CT molecular complexity index is 610. The second-order valence-electron chi connectivity index (χ2n) is 5.90. The average molecular weight is 301 g/mol. The van der Waals surface area contributed by atoms with Gasteiger partial charge in [0.2, 0.25) is 17.7 Å². The van der Waals surface area contributed by atoms with Gasteiger partial charge >= 0.3 is 0 Å². The largest absolute Gasteiger partial charge is 0.326 e. The maximum atomic E-state index is 12.0. The van der Waals surface area contributed by atoms with Crippen LogP contribution in [-0.4, -0.2) is 17.7 Å². The van der Waals surface area contributed by atoms with Crippen LogP contribution in [0.25, 0.3) is 0 Å². The lowest BCUT2D eigenvalue weighted by molar-refractivity contribution is -0.130. The Morgan fingerprint density at radius 2 is 1.95 bits per heavy atom. The van der Waals surface area contributed by atoms with Gasteiger partial charge in [0.15, 0.2) is 0 Å². The predicted octanol–water partition coefficient (Wildman–Crippen LogP) is 1.14. The van der Waals surface area contributed by atoms with Crippen molar-refractivity contribution in [1.82, 2.24) is 10.9 Å². The van der Waals surface area contributed by atoms with Crippen molar-refractivity contribution in [3.8, 4) is 0 Å². The van der Waals surface area contributed by atoms with E-state index in [4.69, 9.17) is 0 Å². The third-order valence-electron chi connectivity index (χ3n) is 4.11. The van der Waals surface area contributed by atoms with Gasteiger partial charge in [0.1, 0.15) is 0 Å². The Morgan fingerprint density at radius 3 is 2.73 bits per heavy atom. The molecule has 1 unspecified atom stereocenters. The van der Waals surface area contributed by atoms with Crippen LogP contribution in [0.1, 0.15) is 31.2 Å². The van der Waals surface area contributed by atoms with Gasteiger partial charge in [-0.05, 0) is 37.3 Å². The van der Waals surface area contributed by atoms with Crippen LogP contribution in [0.5, 0.6) is 0 Å². The van der Waals surface area contributed by atoms with Crippen molar-refractivity contribution >= 4 is 23.4 Å². The molecular formula is C16H19N3O3. The van der Waals surface area contributed by atoms with Crippen molar-refractivity contribution in [3.63, 3.8) is 0 Å². The molecule has 1 aromatic carbocycles. The van der Waals surface area contributed by atoms with Crippen LogP contribution >= 0.6 is 0 Å². The molecule has 0 saturated heterocycles. The maximum absolute atomic E-state index is 12.0. The fourth-order valence-corrected chi connectivity index (χ4v) is 2.59. The second kappa shape index (κ2) is 6.17. The molecule has 1 aromatic rings. The van der Waals surface area contributed by atoms with Crippen LogP contribution in [-0.2, 0) is 20.8 Å². The van der Waals surface area contributed by atoms with Gasteiger partial charge in [0, 0.05) is 23.9 Å². The number of anilines is 1. The molecule has 22 heavy (non-hydrogen) atoms. The van der Waals surface area contributed by atoms with Gasteiger partial charge in [-0.1, -0.05) is 18.2 Å². The second-order valence-corrected chi connectivity index (χ2v) is 5.90. The van der Waals surface area contributed by atoms with E-state index >= 15 is 0 Å². The summed E-state index contributed by atoms with van der Waals surface area (Å²) in [4.78, 5) is 35.2. The molecule has 0 aromatic heterocycles. The Hall–Kier alpha value is -2.37. The van der Waals surface area contributed by atoms with Gasteiger partial charge in [-0.2, -0.15) is 0 Å².